The number of likely N-dealkylation sites (tertiary alicyclic amines) is 1. The van der Waals surface area contributed by atoms with Crippen molar-refractivity contribution in [2.24, 2.45) is 0 Å². The highest BCUT2D eigenvalue weighted by molar-refractivity contribution is 7.17. The van der Waals surface area contributed by atoms with Gasteiger partial charge in [-0.25, -0.2) is 14.8 Å². The largest absolute Gasteiger partial charge is 0.461 e. The van der Waals surface area contributed by atoms with E-state index >= 15 is 0 Å². The fourth-order valence-electron chi connectivity index (χ4n) is 3.36. The van der Waals surface area contributed by atoms with Crippen LogP contribution in [0.25, 0.3) is 10.7 Å². The van der Waals surface area contributed by atoms with Crippen LogP contribution in [0.3, 0.4) is 0 Å². The van der Waals surface area contributed by atoms with E-state index in [9.17, 15) is 9.59 Å². The minimum absolute atomic E-state index is 0.00458. The van der Waals surface area contributed by atoms with Crippen LogP contribution >= 0.6 is 22.7 Å². The molecule has 1 saturated heterocycles. The number of aromatic nitrogens is 4. The van der Waals surface area contributed by atoms with Crippen molar-refractivity contribution in [1.82, 2.24) is 24.8 Å². The van der Waals surface area contributed by atoms with Gasteiger partial charge in [-0.05, 0) is 26.7 Å². The van der Waals surface area contributed by atoms with Crippen LogP contribution in [0.2, 0.25) is 0 Å². The minimum atomic E-state index is -0.382. The lowest BCUT2D eigenvalue weighted by Crippen LogP contribution is -2.37. The molecule has 0 unspecified atom stereocenters. The lowest BCUT2D eigenvalue weighted by Gasteiger charge is -2.30. The smallest absolute Gasteiger partial charge is 0.357 e. The molecule has 0 radical (unpaired) electrons. The monoisotopic (exact) mass is 443 g/mol. The number of piperidine rings is 1. The Labute approximate surface area is 182 Å². The molecule has 3 aromatic rings. The summed E-state index contributed by atoms with van der Waals surface area (Å²) in [6.45, 7) is 5.26. The second kappa shape index (κ2) is 8.97. The van der Waals surface area contributed by atoms with E-state index in [1.807, 2.05) is 11.8 Å². The van der Waals surface area contributed by atoms with Crippen LogP contribution in [0.1, 0.15) is 56.5 Å². The minimum Gasteiger partial charge on any atom is -0.461 e. The Morgan fingerprint density at radius 2 is 2.03 bits per heavy atom. The molecule has 3 aromatic heterocycles. The van der Waals surface area contributed by atoms with E-state index < -0.39 is 0 Å². The van der Waals surface area contributed by atoms with Gasteiger partial charge in [-0.15, -0.1) is 22.7 Å². The summed E-state index contributed by atoms with van der Waals surface area (Å²) in [7, 11) is 0. The molecule has 0 N–H and O–H groups in total. The van der Waals surface area contributed by atoms with Crippen LogP contribution in [0, 0.1) is 6.92 Å². The Morgan fingerprint density at radius 1 is 1.23 bits per heavy atom. The summed E-state index contributed by atoms with van der Waals surface area (Å²) in [4.78, 5) is 44.7. The van der Waals surface area contributed by atoms with Crippen molar-refractivity contribution in [2.75, 3.05) is 19.7 Å². The first-order valence-electron chi connectivity index (χ1n) is 9.72. The SMILES string of the molecule is CCOC(=O)c1csc(C2CCN(C(=O)c3sc(-c4cnccn4)nc3C)CC2)n1. The van der Waals surface area contributed by atoms with E-state index in [4.69, 9.17) is 4.74 Å². The van der Waals surface area contributed by atoms with Crippen molar-refractivity contribution < 1.29 is 14.3 Å². The Kier molecular flexibility index (Phi) is 6.14. The molecular formula is C20H21N5O3S2. The fraction of sp³-hybridized carbons (Fsp3) is 0.400. The molecule has 0 saturated carbocycles. The number of hydrogen-bond acceptors (Lipinski definition) is 9. The second-order valence-corrected chi connectivity index (χ2v) is 8.77. The number of carbonyl (C=O) groups excluding carboxylic acids is 2. The molecule has 1 aliphatic heterocycles. The van der Waals surface area contributed by atoms with Gasteiger partial charge in [0.15, 0.2) is 5.69 Å². The highest BCUT2D eigenvalue weighted by Crippen LogP contribution is 2.33. The third kappa shape index (κ3) is 4.24. The number of ether oxygens (including phenoxy) is 1. The normalized spacial score (nSPS) is 14.7. The number of carbonyl (C=O) groups is 2. The maximum atomic E-state index is 13.1. The van der Waals surface area contributed by atoms with Gasteiger partial charge in [-0.3, -0.25) is 14.8 Å². The first-order valence-corrected chi connectivity index (χ1v) is 11.4. The van der Waals surface area contributed by atoms with Crippen LogP contribution < -0.4 is 0 Å². The lowest BCUT2D eigenvalue weighted by molar-refractivity contribution is 0.0520. The maximum Gasteiger partial charge on any atom is 0.357 e. The molecule has 0 aromatic carbocycles. The highest BCUT2D eigenvalue weighted by Gasteiger charge is 2.29. The second-order valence-electron chi connectivity index (χ2n) is 6.88. The third-order valence-electron chi connectivity index (χ3n) is 4.91. The Balaban J connectivity index is 1.40. The zero-order chi connectivity index (χ0) is 21.1. The Hall–Kier alpha value is -2.72. The molecule has 1 fully saturated rings. The standard InChI is InChI=1S/C20H21N5O3S2/c1-3-28-20(27)15-11-29-17(24-15)13-4-8-25(9-5-13)19(26)16-12(2)23-18(30-16)14-10-21-6-7-22-14/h6-7,10-11,13H,3-5,8-9H2,1-2H3. The molecule has 10 heteroatoms. The number of esters is 1. The Bertz CT molecular complexity index is 1040. The fourth-order valence-corrected chi connectivity index (χ4v) is 5.32. The zero-order valence-electron chi connectivity index (χ0n) is 16.7. The van der Waals surface area contributed by atoms with Crippen molar-refractivity contribution in [2.45, 2.75) is 32.6 Å². The van der Waals surface area contributed by atoms with Gasteiger partial charge in [-0.2, -0.15) is 0 Å². The summed E-state index contributed by atoms with van der Waals surface area (Å²) < 4.78 is 5.01. The van der Waals surface area contributed by atoms with Crippen LogP contribution in [0.5, 0.6) is 0 Å². The molecule has 4 rings (SSSR count). The molecule has 4 heterocycles. The number of hydrogen-bond donors (Lipinski definition) is 0. The molecule has 1 aliphatic rings. The summed E-state index contributed by atoms with van der Waals surface area (Å²) in [6, 6.07) is 0. The van der Waals surface area contributed by atoms with E-state index in [-0.39, 0.29) is 17.8 Å². The van der Waals surface area contributed by atoms with Crippen LogP contribution in [-0.4, -0.2) is 56.4 Å². The van der Waals surface area contributed by atoms with Crippen LogP contribution in [0.15, 0.2) is 24.0 Å². The molecule has 156 valence electrons. The van der Waals surface area contributed by atoms with Gasteiger partial charge >= 0.3 is 5.97 Å². The molecule has 0 aliphatic carbocycles. The van der Waals surface area contributed by atoms with Gasteiger partial charge in [-0.1, -0.05) is 0 Å². The average molecular weight is 444 g/mol. The summed E-state index contributed by atoms with van der Waals surface area (Å²) in [6.07, 6.45) is 6.51. The average Bonchev–Trinajstić information content (AvgIpc) is 3.42. The number of rotatable bonds is 5. The van der Waals surface area contributed by atoms with E-state index in [1.54, 1.807) is 30.9 Å². The van der Waals surface area contributed by atoms with Gasteiger partial charge in [0.1, 0.15) is 15.6 Å². The van der Waals surface area contributed by atoms with E-state index in [0.717, 1.165) is 17.8 Å². The van der Waals surface area contributed by atoms with Crippen molar-refractivity contribution in [3.05, 3.63) is 45.2 Å². The van der Waals surface area contributed by atoms with Gasteiger partial charge in [0.2, 0.25) is 0 Å². The topological polar surface area (TPSA) is 98.2 Å². The van der Waals surface area contributed by atoms with Crippen LogP contribution in [-0.2, 0) is 4.74 Å². The number of aryl methyl sites for hydroxylation is 1. The third-order valence-corrected chi connectivity index (χ3v) is 7.09. The molecule has 1 amide bonds. The number of amides is 1. The summed E-state index contributed by atoms with van der Waals surface area (Å²) in [5, 5.41) is 3.39. The first-order chi connectivity index (χ1) is 14.6. The first kappa shape index (κ1) is 20.5. The van der Waals surface area contributed by atoms with Crippen LogP contribution in [0.4, 0.5) is 0 Å². The summed E-state index contributed by atoms with van der Waals surface area (Å²) >= 11 is 2.84. The van der Waals surface area contributed by atoms with Crippen molar-refractivity contribution in [3.8, 4) is 10.7 Å². The number of thiazole rings is 2. The quantitative estimate of drug-likeness (QED) is 0.556. The van der Waals surface area contributed by atoms with Gasteiger partial charge in [0.05, 0.1) is 23.5 Å². The predicted molar refractivity (Wildman–Crippen MR) is 114 cm³/mol. The van der Waals surface area contributed by atoms with Gasteiger partial charge in [0.25, 0.3) is 5.91 Å². The number of nitrogens with zero attached hydrogens (tertiary/aromatic N) is 5. The maximum absolute atomic E-state index is 13.1. The summed E-state index contributed by atoms with van der Waals surface area (Å²) in [5.41, 5.74) is 1.75. The van der Waals surface area contributed by atoms with E-state index in [2.05, 4.69) is 19.9 Å². The van der Waals surface area contributed by atoms with Crippen molar-refractivity contribution in [1.29, 1.82) is 0 Å². The molecule has 0 atom stereocenters. The molecule has 30 heavy (non-hydrogen) atoms. The molecule has 8 nitrogen and oxygen atoms in total. The zero-order valence-corrected chi connectivity index (χ0v) is 18.3. The molecular weight excluding hydrogens is 422 g/mol. The van der Waals surface area contributed by atoms with Crippen molar-refractivity contribution in [3.63, 3.8) is 0 Å². The van der Waals surface area contributed by atoms with Gasteiger partial charge in [0, 0.05) is 36.8 Å². The van der Waals surface area contributed by atoms with Crippen molar-refractivity contribution >= 4 is 34.6 Å². The lowest BCUT2D eigenvalue weighted by atomic mass is 9.97. The predicted octanol–water partition coefficient (Wildman–Crippen LogP) is 3.56. The molecule has 0 spiro atoms. The van der Waals surface area contributed by atoms with E-state index in [0.29, 0.717) is 46.7 Å². The van der Waals surface area contributed by atoms with Gasteiger partial charge < -0.3 is 9.64 Å². The summed E-state index contributed by atoms with van der Waals surface area (Å²) in [5.74, 6) is -0.128. The molecule has 0 bridgehead atoms. The Morgan fingerprint density at radius 3 is 2.73 bits per heavy atom. The van der Waals surface area contributed by atoms with E-state index in [1.165, 1.54) is 22.7 Å². The highest BCUT2D eigenvalue weighted by atomic mass is 32.1.